The summed E-state index contributed by atoms with van der Waals surface area (Å²) in [4.78, 5) is 3.96. The molecule has 0 amide bonds. The predicted molar refractivity (Wildman–Crippen MR) is 144 cm³/mol. The van der Waals surface area contributed by atoms with Gasteiger partial charge in [0.1, 0.15) is 15.9 Å². The van der Waals surface area contributed by atoms with Crippen molar-refractivity contribution in [1.29, 1.82) is 0 Å². The first-order valence-electron chi connectivity index (χ1n) is 11.9. The summed E-state index contributed by atoms with van der Waals surface area (Å²) in [7, 11) is -7.33. The minimum absolute atomic E-state index is 0.103. The van der Waals surface area contributed by atoms with Crippen molar-refractivity contribution >= 4 is 71.0 Å². The number of halogens is 4. The van der Waals surface area contributed by atoms with Crippen LogP contribution in [-0.2, 0) is 40.0 Å². The number of thiazole rings is 1. The number of anilines is 2. The van der Waals surface area contributed by atoms with Crippen LogP contribution in [0.4, 0.5) is 24.5 Å². The lowest BCUT2D eigenvalue weighted by Crippen LogP contribution is -2.39. The maximum absolute atomic E-state index is 13.7. The molecule has 0 spiro atoms. The quantitative estimate of drug-likeness (QED) is 0.256. The van der Waals surface area contributed by atoms with Gasteiger partial charge in [-0.15, -0.1) is 0 Å². The summed E-state index contributed by atoms with van der Waals surface area (Å²) in [6.45, 7) is 3.62. The van der Waals surface area contributed by atoms with Gasteiger partial charge in [0, 0.05) is 37.7 Å². The van der Waals surface area contributed by atoms with E-state index < -0.39 is 48.5 Å². The van der Waals surface area contributed by atoms with Crippen LogP contribution in [0.2, 0.25) is 5.02 Å². The fourth-order valence-corrected chi connectivity index (χ4v) is 7.19. The molecule has 4 rings (SSSR count). The van der Waals surface area contributed by atoms with E-state index in [-0.39, 0.29) is 31.7 Å². The van der Waals surface area contributed by atoms with Gasteiger partial charge in [-0.25, -0.2) is 16.8 Å². The minimum atomic E-state index is -4.75. The number of benzene rings is 1. The molecule has 3 aromatic rings. The molecule has 0 aliphatic carbocycles. The Bertz CT molecular complexity index is 1720. The zero-order chi connectivity index (χ0) is 29.8. The van der Waals surface area contributed by atoms with Gasteiger partial charge in [-0.2, -0.15) is 17.7 Å². The van der Waals surface area contributed by atoms with Crippen molar-refractivity contribution in [3.8, 4) is 0 Å². The molecule has 1 aromatic carbocycles. The van der Waals surface area contributed by atoms with Crippen LogP contribution in [0.25, 0.3) is 16.4 Å². The van der Waals surface area contributed by atoms with Gasteiger partial charge in [-0.1, -0.05) is 11.6 Å². The summed E-state index contributed by atoms with van der Waals surface area (Å²) >= 11 is 7.31. The van der Waals surface area contributed by atoms with E-state index in [1.165, 1.54) is 22.3 Å². The van der Waals surface area contributed by atoms with Crippen LogP contribution in [0.15, 0.2) is 24.2 Å². The lowest BCUT2D eigenvalue weighted by atomic mass is 10.1. The lowest BCUT2D eigenvalue weighted by Gasteiger charge is -2.24. The number of aromatic nitrogens is 2. The lowest BCUT2D eigenvalue weighted by molar-refractivity contribution is -0.664. The van der Waals surface area contributed by atoms with Crippen molar-refractivity contribution < 1.29 is 43.7 Å². The van der Waals surface area contributed by atoms with Gasteiger partial charge in [0.2, 0.25) is 5.52 Å². The highest BCUT2D eigenvalue weighted by Crippen LogP contribution is 2.48. The van der Waals surface area contributed by atoms with E-state index in [2.05, 4.69) is 0 Å². The fourth-order valence-electron chi connectivity index (χ4n) is 4.82. The molecule has 10 nitrogen and oxygen atoms in total. The smallest absolute Gasteiger partial charge is 0.417 e. The van der Waals surface area contributed by atoms with Gasteiger partial charge < -0.3 is 23.5 Å². The molecule has 1 aliphatic heterocycles. The van der Waals surface area contributed by atoms with Gasteiger partial charge in [-0.05, 0) is 43.7 Å². The van der Waals surface area contributed by atoms with E-state index in [4.69, 9.17) is 11.6 Å². The first-order valence-corrected chi connectivity index (χ1v) is 16.3. The van der Waals surface area contributed by atoms with Gasteiger partial charge in [0.05, 0.1) is 43.9 Å². The largest absolute Gasteiger partial charge is 0.748 e. The molecular formula is C23H25ClF3N4O6S3-. The molecule has 0 saturated carbocycles. The van der Waals surface area contributed by atoms with Gasteiger partial charge in [-0.3, -0.25) is 0 Å². The number of rotatable bonds is 9. The van der Waals surface area contributed by atoms with Crippen molar-refractivity contribution in [2.75, 3.05) is 34.4 Å². The maximum atomic E-state index is 13.7. The summed E-state index contributed by atoms with van der Waals surface area (Å²) in [6.07, 6.45) is -1.42. The third-order valence-electron chi connectivity index (χ3n) is 6.44. The number of fused-ring (bicyclic) bond motifs is 2. The van der Waals surface area contributed by atoms with E-state index in [1.807, 2.05) is 17.7 Å². The van der Waals surface area contributed by atoms with E-state index in [1.54, 1.807) is 29.5 Å². The Balaban J connectivity index is 1.92. The van der Waals surface area contributed by atoms with Crippen molar-refractivity contribution in [1.82, 2.24) is 4.57 Å². The SMILES string of the molecule is CCN1C(=Cc2sc3c(c(C)cn3C)[n+]2CCS(=O)(=O)[O-])N(CCCS(=O)(=O)[O-])c2cc(C(F)(F)F)c(Cl)cc21. The van der Waals surface area contributed by atoms with Crippen molar-refractivity contribution in [2.24, 2.45) is 7.05 Å². The Labute approximate surface area is 238 Å². The highest BCUT2D eigenvalue weighted by Gasteiger charge is 2.39. The molecular weight excluding hydrogens is 617 g/mol. The van der Waals surface area contributed by atoms with Crippen LogP contribution in [0.3, 0.4) is 0 Å². The maximum Gasteiger partial charge on any atom is 0.417 e. The second-order valence-electron chi connectivity index (χ2n) is 9.26. The molecule has 3 heterocycles. The van der Waals surface area contributed by atoms with Crippen LogP contribution >= 0.6 is 22.9 Å². The first-order chi connectivity index (χ1) is 18.4. The zero-order valence-corrected chi connectivity index (χ0v) is 24.7. The van der Waals surface area contributed by atoms with E-state index in [9.17, 15) is 39.1 Å². The van der Waals surface area contributed by atoms with Crippen LogP contribution in [0.5, 0.6) is 0 Å². The summed E-state index contributed by atoms with van der Waals surface area (Å²) in [5.41, 5.74) is 0.928. The topological polar surface area (TPSA) is 130 Å². The van der Waals surface area contributed by atoms with Gasteiger partial charge >= 0.3 is 6.18 Å². The van der Waals surface area contributed by atoms with Crippen molar-refractivity contribution in [3.05, 3.63) is 45.3 Å². The predicted octanol–water partition coefficient (Wildman–Crippen LogP) is 3.63. The molecule has 17 heteroatoms. The molecule has 0 radical (unpaired) electrons. The highest BCUT2D eigenvalue weighted by molar-refractivity contribution is 7.85. The van der Waals surface area contributed by atoms with Crippen LogP contribution in [0.1, 0.15) is 29.5 Å². The Morgan fingerprint density at radius 3 is 2.27 bits per heavy atom. The summed E-state index contributed by atoms with van der Waals surface area (Å²) in [6, 6.07) is 2.08. The monoisotopic (exact) mass is 641 g/mol. The van der Waals surface area contributed by atoms with Crippen LogP contribution in [-0.4, -0.2) is 55.1 Å². The average Bonchev–Trinajstić information content (AvgIpc) is 3.39. The van der Waals surface area contributed by atoms with E-state index >= 15 is 0 Å². The third kappa shape index (κ3) is 6.26. The molecule has 220 valence electrons. The Hall–Kier alpha value is -2.37. The third-order valence-corrected chi connectivity index (χ3v) is 9.44. The van der Waals surface area contributed by atoms with Crippen LogP contribution < -0.4 is 14.4 Å². The average molecular weight is 642 g/mol. The van der Waals surface area contributed by atoms with Gasteiger partial charge in [0.15, 0.2) is 11.4 Å². The number of nitrogens with zero attached hydrogens (tertiary/aromatic N) is 4. The molecule has 40 heavy (non-hydrogen) atoms. The normalized spacial score (nSPS) is 15.6. The fraction of sp³-hybridized carbons (Fsp3) is 0.435. The standard InChI is InChI=1S/C23H26ClF3N4O6S3/c1-4-29-18-11-16(24)15(23(25,26)27)10-17(18)30(6-5-8-39(32,33)34)19(29)12-20-31(7-9-40(35,36)37)21-14(2)13-28(3)22(21)38-20/h10-13H,4-9H2,1-3H3,(H-,32,33,34,35,36,37)/p-1. The van der Waals surface area contributed by atoms with E-state index in [0.717, 1.165) is 16.5 Å². The summed E-state index contributed by atoms with van der Waals surface area (Å²) in [5, 5.41) is -0.000895. The molecule has 0 saturated heterocycles. The van der Waals surface area contributed by atoms with Gasteiger partial charge in [0.25, 0.3) is 5.01 Å². The molecule has 0 unspecified atom stereocenters. The van der Waals surface area contributed by atoms with Crippen molar-refractivity contribution in [2.45, 2.75) is 33.0 Å². The number of hydrogen-bond acceptors (Lipinski definition) is 9. The minimum Gasteiger partial charge on any atom is -0.748 e. The molecule has 1 aliphatic rings. The van der Waals surface area contributed by atoms with Crippen molar-refractivity contribution in [3.63, 3.8) is 0 Å². The summed E-state index contributed by atoms with van der Waals surface area (Å²) in [5.74, 6) is -1.03. The molecule has 0 N–H and O–H groups in total. The zero-order valence-electron chi connectivity index (χ0n) is 21.5. The second kappa shape index (κ2) is 10.8. The molecule has 2 aromatic heterocycles. The Kier molecular flexibility index (Phi) is 8.26. The Morgan fingerprint density at radius 2 is 1.70 bits per heavy atom. The number of alkyl halides is 3. The molecule has 0 bridgehead atoms. The molecule has 0 fully saturated rings. The summed E-state index contributed by atoms with van der Waals surface area (Å²) < 4.78 is 113. The van der Waals surface area contributed by atoms with Crippen LogP contribution in [0, 0.1) is 6.92 Å². The van der Waals surface area contributed by atoms with E-state index in [0.29, 0.717) is 22.0 Å². The second-order valence-corrected chi connectivity index (χ2v) is 13.7. The number of hydrogen-bond donors (Lipinski definition) is 0. The Morgan fingerprint density at radius 1 is 1.07 bits per heavy atom. The highest BCUT2D eigenvalue weighted by atomic mass is 35.5. The molecule has 0 atom stereocenters. The number of aryl methyl sites for hydroxylation is 3. The first kappa shape index (κ1) is 30.6.